The van der Waals surface area contributed by atoms with E-state index in [9.17, 15) is 0 Å². The van der Waals surface area contributed by atoms with Crippen LogP contribution in [0.1, 0.15) is 0 Å². The van der Waals surface area contributed by atoms with Gasteiger partial charge in [0.1, 0.15) is 7.85 Å². The van der Waals surface area contributed by atoms with Gasteiger partial charge < -0.3 is 4.57 Å². The van der Waals surface area contributed by atoms with Crippen LogP contribution >= 0.6 is 0 Å². The Hall–Kier alpha value is -4.04. The fourth-order valence-corrected chi connectivity index (χ4v) is 4.77. The van der Waals surface area contributed by atoms with Crippen LogP contribution in [0.15, 0.2) is 121 Å². The molecule has 0 aliphatic rings. The van der Waals surface area contributed by atoms with Crippen LogP contribution in [0.4, 0.5) is 0 Å². The first-order valence-electron chi connectivity index (χ1n) is 11.0. The van der Waals surface area contributed by atoms with Crippen LogP contribution in [0.25, 0.3) is 49.7 Å². The summed E-state index contributed by atoms with van der Waals surface area (Å²) in [6.45, 7) is 0. The molecule has 0 N–H and O–H groups in total. The Morgan fingerprint density at radius 1 is 0.469 bits per heavy atom. The number of hydrogen-bond donors (Lipinski definition) is 0. The fourth-order valence-electron chi connectivity index (χ4n) is 4.77. The molecule has 0 aliphatic heterocycles. The molecule has 6 aromatic rings. The van der Waals surface area contributed by atoms with Gasteiger partial charge in [-0.3, -0.25) is 0 Å². The molecule has 0 amide bonds. The SMILES string of the molecule is Bc1ccccc1-c1cccc(-c2ccc3c(c2)c2ccccc2n3-c2ccccc2)c1. The minimum atomic E-state index is 1.19. The molecule has 0 fully saturated rings. The largest absolute Gasteiger partial charge is 0.309 e. The van der Waals surface area contributed by atoms with Gasteiger partial charge in [-0.1, -0.05) is 90.4 Å². The topological polar surface area (TPSA) is 4.93 Å². The summed E-state index contributed by atoms with van der Waals surface area (Å²) < 4.78 is 2.36. The van der Waals surface area contributed by atoms with Crippen LogP contribution in [0, 0.1) is 0 Å². The molecule has 0 aliphatic carbocycles. The monoisotopic (exact) mass is 407 g/mol. The van der Waals surface area contributed by atoms with Gasteiger partial charge in [0.25, 0.3) is 0 Å². The lowest BCUT2D eigenvalue weighted by atomic mass is 9.86. The molecule has 1 heterocycles. The summed E-state index contributed by atoms with van der Waals surface area (Å²) in [5, 5.41) is 2.56. The van der Waals surface area contributed by atoms with Crippen molar-refractivity contribution in [3.8, 4) is 27.9 Å². The molecule has 6 rings (SSSR count). The van der Waals surface area contributed by atoms with E-state index in [0.29, 0.717) is 0 Å². The number of benzene rings is 5. The molecule has 0 unspecified atom stereocenters. The van der Waals surface area contributed by atoms with Gasteiger partial charge in [0.05, 0.1) is 11.0 Å². The number of nitrogens with zero attached hydrogens (tertiary/aromatic N) is 1. The van der Waals surface area contributed by atoms with Crippen molar-refractivity contribution in [2.75, 3.05) is 0 Å². The molecule has 0 radical (unpaired) electrons. The normalized spacial score (nSPS) is 11.2. The van der Waals surface area contributed by atoms with E-state index < -0.39 is 0 Å². The van der Waals surface area contributed by atoms with Gasteiger partial charge in [-0.2, -0.15) is 0 Å². The third-order valence-electron chi connectivity index (χ3n) is 6.34. The van der Waals surface area contributed by atoms with E-state index in [1.165, 1.54) is 55.2 Å². The summed E-state index contributed by atoms with van der Waals surface area (Å²) >= 11 is 0. The molecule has 150 valence electrons. The van der Waals surface area contributed by atoms with Crippen LogP contribution in [0.2, 0.25) is 0 Å². The van der Waals surface area contributed by atoms with Crippen molar-refractivity contribution in [3.05, 3.63) is 121 Å². The van der Waals surface area contributed by atoms with Crippen molar-refractivity contribution in [1.29, 1.82) is 0 Å². The van der Waals surface area contributed by atoms with Gasteiger partial charge in [0.15, 0.2) is 0 Å². The van der Waals surface area contributed by atoms with E-state index in [1.807, 2.05) is 0 Å². The minimum absolute atomic E-state index is 1.19. The average molecular weight is 407 g/mol. The van der Waals surface area contributed by atoms with Crippen molar-refractivity contribution in [2.24, 2.45) is 0 Å². The number of aromatic nitrogens is 1. The van der Waals surface area contributed by atoms with Crippen molar-refractivity contribution < 1.29 is 0 Å². The molecule has 0 saturated heterocycles. The second-order valence-corrected chi connectivity index (χ2v) is 8.32. The third-order valence-corrected chi connectivity index (χ3v) is 6.34. The van der Waals surface area contributed by atoms with Gasteiger partial charge in [-0.05, 0) is 58.7 Å². The fraction of sp³-hybridized carbons (Fsp3) is 0. The van der Waals surface area contributed by atoms with Crippen LogP contribution in [0.3, 0.4) is 0 Å². The zero-order valence-corrected chi connectivity index (χ0v) is 18.0. The van der Waals surface area contributed by atoms with Crippen molar-refractivity contribution >= 4 is 35.1 Å². The summed E-state index contributed by atoms with van der Waals surface area (Å²) in [6.07, 6.45) is 0. The molecule has 0 saturated carbocycles. The molecular weight excluding hydrogens is 385 g/mol. The summed E-state index contributed by atoms with van der Waals surface area (Å²) in [5.74, 6) is 0. The highest BCUT2D eigenvalue weighted by Crippen LogP contribution is 2.35. The number of fused-ring (bicyclic) bond motifs is 3. The van der Waals surface area contributed by atoms with Gasteiger partial charge in [-0.25, -0.2) is 0 Å². The molecule has 5 aromatic carbocycles. The second kappa shape index (κ2) is 7.58. The van der Waals surface area contributed by atoms with E-state index >= 15 is 0 Å². The Labute approximate surface area is 189 Å². The van der Waals surface area contributed by atoms with Crippen molar-refractivity contribution in [1.82, 2.24) is 4.57 Å². The minimum Gasteiger partial charge on any atom is -0.309 e. The number of para-hydroxylation sites is 2. The smallest absolute Gasteiger partial charge is 0.140 e. The molecule has 2 heteroatoms. The summed E-state index contributed by atoms with van der Waals surface area (Å²) in [7, 11) is 2.17. The Kier molecular flexibility index (Phi) is 4.43. The maximum atomic E-state index is 2.36. The Balaban J connectivity index is 1.55. The zero-order valence-electron chi connectivity index (χ0n) is 18.0. The van der Waals surface area contributed by atoms with E-state index in [-0.39, 0.29) is 0 Å². The molecular formula is C30H22BN. The van der Waals surface area contributed by atoms with Gasteiger partial charge in [0.2, 0.25) is 0 Å². The summed E-state index contributed by atoms with van der Waals surface area (Å²) in [5.41, 5.74) is 9.98. The Bertz CT molecular complexity index is 1580. The standard InChI is InChI=1S/C30H22BN/c31-28-15-6-4-13-25(28)23-10-8-9-21(19-23)22-17-18-30-27(20-22)26-14-5-7-16-29(26)32(30)24-11-2-1-3-12-24/h1-20H,31H2. The Morgan fingerprint density at radius 2 is 1.16 bits per heavy atom. The predicted molar refractivity (Wildman–Crippen MR) is 140 cm³/mol. The summed E-state index contributed by atoms with van der Waals surface area (Å²) in [4.78, 5) is 0. The molecule has 0 atom stereocenters. The number of rotatable bonds is 3. The van der Waals surface area contributed by atoms with E-state index in [4.69, 9.17) is 0 Å². The maximum absolute atomic E-state index is 2.36. The summed E-state index contributed by atoms with van der Waals surface area (Å²) in [6, 6.07) is 43.6. The first kappa shape index (κ1) is 18.7. The van der Waals surface area contributed by atoms with Crippen molar-refractivity contribution in [3.63, 3.8) is 0 Å². The lowest BCUT2D eigenvalue weighted by molar-refractivity contribution is 1.18. The quantitative estimate of drug-likeness (QED) is 0.300. The zero-order chi connectivity index (χ0) is 21.5. The van der Waals surface area contributed by atoms with Crippen LogP contribution < -0.4 is 5.46 Å². The maximum Gasteiger partial charge on any atom is 0.140 e. The van der Waals surface area contributed by atoms with E-state index in [1.54, 1.807) is 0 Å². The van der Waals surface area contributed by atoms with Gasteiger partial charge in [0, 0.05) is 16.5 Å². The molecule has 0 bridgehead atoms. The molecule has 0 spiro atoms. The van der Waals surface area contributed by atoms with Crippen LogP contribution in [-0.4, -0.2) is 12.4 Å². The molecule has 32 heavy (non-hydrogen) atoms. The molecule has 1 aromatic heterocycles. The lowest BCUT2D eigenvalue weighted by Crippen LogP contribution is -2.05. The van der Waals surface area contributed by atoms with E-state index in [0.717, 1.165) is 0 Å². The van der Waals surface area contributed by atoms with Crippen LogP contribution in [0.5, 0.6) is 0 Å². The highest BCUT2D eigenvalue weighted by molar-refractivity contribution is 6.35. The predicted octanol–water partition coefficient (Wildman–Crippen LogP) is 6.38. The van der Waals surface area contributed by atoms with Crippen molar-refractivity contribution in [2.45, 2.75) is 0 Å². The average Bonchev–Trinajstić information content (AvgIpc) is 3.19. The third kappa shape index (κ3) is 3.04. The second-order valence-electron chi connectivity index (χ2n) is 8.32. The lowest BCUT2D eigenvalue weighted by Gasteiger charge is -2.10. The highest BCUT2D eigenvalue weighted by atomic mass is 15.0. The van der Waals surface area contributed by atoms with E-state index in [2.05, 4.69) is 134 Å². The van der Waals surface area contributed by atoms with Crippen LogP contribution in [-0.2, 0) is 0 Å². The Morgan fingerprint density at radius 3 is 2.03 bits per heavy atom. The first-order valence-corrected chi connectivity index (χ1v) is 11.0. The van der Waals surface area contributed by atoms with Gasteiger partial charge in [-0.15, -0.1) is 0 Å². The molecule has 1 nitrogen and oxygen atoms in total. The van der Waals surface area contributed by atoms with Gasteiger partial charge >= 0.3 is 0 Å². The first-order chi connectivity index (χ1) is 15.8. The highest BCUT2D eigenvalue weighted by Gasteiger charge is 2.13. The number of hydrogen-bond acceptors (Lipinski definition) is 0.